The molecule has 0 aromatic carbocycles. The van der Waals surface area contributed by atoms with E-state index in [2.05, 4.69) is 0 Å². The molecule has 0 atom stereocenters. The van der Waals surface area contributed by atoms with Crippen molar-refractivity contribution in [3.05, 3.63) is 0 Å². The van der Waals surface area contributed by atoms with E-state index in [0.717, 1.165) is 32.1 Å². The van der Waals surface area contributed by atoms with E-state index >= 15 is 0 Å². The molecule has 66 valence electrons. The summed E-state index contributed by atoms with van der Waals surface area (Å²) >= 11 is 0. The van der Waals surface area contributed by atoms with Crippen molar-refractivity contribution >= 4 is 11.6 Å². The molecular formula is C10H14O2. The van der Waals surface area contributed by atoms with Crippen molar-refractivity contribution in [2.45, 2.75) is 44.9 Å². The van der Waals surface area contributed by atoms with Crippen molar-refractivity contribution in [2.24, 2.45) is 5.41 Å². The summed E-state index contributed by atoms with van der Waals surface area (Å²) in [5.74, 6) is 0.796. The van der Waals surface area contributed by atoms with Crippen LogP contribution in [0.2, 0.25) is 0 Å². The summed E-state index contributed by atoms with van der Waals surface area (Å²) in [5, 5.41) is 0. The van der Waals surface area contributed by atoms with Crippen LogP contribution in [0.3, 0.4) is 0 Å². The van der Waals surface area contributed by atoms with Gasteiger partial charge in [0.1, 0.15) is 11.6 Å². The SMILES string of the molecule is O=C1CCC2(CC1)CCC(=O)C2. The number of hydrogen-bond donors (Lipinski definition) is 0. The lowest BCUT2D eigenvalue weighted by molar-refractivity contribution is -0.123. The summed E-state index contributed by atoms with van der Waals surface area (Å²) in [5.41, 5.74) is 0.255. The average Bonchev–Trinajstić information content (AvgIpc) is 2.40. The maximum absolute atomic E-state index is 11.1. The van der Waals surface area contributed by atoms with E-state index in [0.29, 0.717) is 24.4 Å². The Hall–Kier alpha value is -0.660. The number of carbonyl (C=O) groups excluding carboxylic acids is 2. The molecule has 0 unspecified atom stereocenters. The predicted molar refractivity (Wildman–Crippen MR) is 44.8 cm³/mol. The van der Waals surface area contributed by atoms with E-state index in [-0.39, 0.29) is 5.41 Å². The average molecular weight is 166 g/mol. The van der Waals surface area contributed by atoms with E-state index in [1.54, 1.807) is 0 Å². The first kappa shape index (κ1) is 7.96. The zero-order chi connectivity index (χ0) is 8.60. The molecule has 1 spiro atoms. The monoisotopic (exact) mass is 166 g/mol. The molecule has 2 rings (SSSR count). The smallest absolute Gasteiger partial charge is 0.133 e. The van der Waals surface area contributed by atoms with Crippen LogP contribution in [0.5, 0.6) is 0 Å². The first-order valence-corrected chi connectivity index (χ1v) is 4.74. The topological polar surface area (TPSA) is 34.1 Å². The number of carbonyl (C=O) groups is 2. The van der Waals surface area contributed by atoms with Gasteiger partial charge in [-0.15, -0.1) is 0 Å². The van der Waals surface area contributed by atoms with Crippen LogP contribution in [0.15, 0.2) is 0 Å². The van der Waals surface area contributed by atoms with Gasteiger partial charge in [-0.05, 0) is 24.7 Å². The molecule has 0 aliphatic heterocycles. The zero-order valence-corrected chi connectivity index (χ0v) is 7.27. The minimum absolute atomic E-state index is 0.255. The predicted octanol–water partition coefficient (Wildman–Crippen LogP) is 1.87. The van der Waals surface area contributed by atoms with Crippen LogP contribution in [-0.4, -0.2) is 11.6 Å². The highest BCUT2D eigenvalue weighted by Crippen LogP contribution is 2.46. The Morgan fingerprint density at radius 2 is 1.33 bits per heavy atom. The van der Waals surface area contributed by atoms with Crippen LogP contribution < -0.4 is 0 Å². The summed E-state index contributed by atoms with van der Waals surface area (Å²) in [4.78, 5) is 22.1. The van der Waals surface area contributed by atoms with Crippen molar-refractivity contribution in [3.8, 4) is 0 Å². The Labute approximate surface area is 72.3 Å². The Morgan fingerprint density at radius 3 is 1.83 bits per heavy atom. The minimum atomic E-state index is 0.255. The molecule has 2 saturated carbocycles. The lowest BCUT2D eigenvalue weighted by atomic mass is 9.72. The molecule has 0 heterocycles. The fraction of sp³-hybridized carbons (Fsp3) is 0.800. The maximum atomic E-state index is 11.1. The number of rotatable bonds is 0. The third kappa shape index (κ3) is 1.30. The van der Waals surface area contributed by atoms with Gasteiger partial charge < -0.3 is 0 Å². The molecule has 2 nitrogen and oxygen atoms in total. The summed E-state index contributed by atoms with van der Waals surface area (Å²) in [7, 11) is 0. The second-order valence-electron chi connectivity index (χ2n) is 4.25. The van der Waals surface area contributed by atoms with Crippen LogP contribution in [0.4, 0.5) is 0 Å². The Morgan fingerprint density at radius 1 is 0.833 bits per heavy atom. The summed E-state index contributed by atoms with van der Waals surface area (Å²) < 4.78 is 0. The Kier molecular flexibility index (Phi) is 1.78. The number of ketones is 2. The van der Waals surface area contributed by atoms with Crippen LogP contribution in [-0.2, 0) is 9.59 Å². The van der Waals surface area contributed by atoms with Crippen molar-refractivity contribution in [1.82, 2.24) is 0 Å². The molecule has 2 heteroatoms. The second kappa shape index (κ2) is 2.68. The minimum Gasteiger partial charge on any atom is -0.300 e. The zero-order valence-electron chi connectivity index (χ0n) is 7.27. The van der Waals surface area contributed by atoms with E-state index in [4.69, 9.17) is 0 Å². The second-order valence-corrected chi connectivity index (χ2v) is 4.25. The van der Waals surface area contributed by atoms with Gasteiger partial charge in [-0.25, -0.2) is 0 Å². The maximum Gasteiger partial charge on any atom is 0.133 e. The molecule has 0 radical (unpaired) electrons. The summed E-state index contributed by atoms with van der Waals surface area (Å²) in [6.07, 6.45) is 5.92. The third-order valence-corrected chi connectivity index (χ3v) is 3.37. The summed E-state index contributed by atoms with van der Waals surface area (Å²) in [6, 6.07) is 0. The van der Waals surface area contributed by atoms with Crippen molar-refractivity contribution in [1.29, 1.82) is 0 Å². The van der Waals surface area contributed by atoms with Gasteiger partial charge in [-0.2, -0.15) is 0 Å². The number of hydrogen-bond acceptors (Lipinski definition) is 2. The van der Waals surface area contributed by atoms with Gasteiger partial charge in [0, 0.05) is 25.7 Å². The van der Waals surface area contributed by atoms with E-state index < -0.39 is 0 Å². The molecule has 0 saturated heterocycles. The molecule has 2 aliphatic carbocycles. The van der Waals surface area contributed by atoms with Crippen LogP contribution in [0.25, 0.3) is 0 Å². The molecule has 2 fully saturated rings. The molecule has 0 aromatic rings. The van der Waals surface area contributed by atoms with Crippen LogP contribution >= 0.6 is 0 Å². The normalized spacial score (nSPS) is 28.3. The largest absolute Gasteiger partial charge is 0.300 e. The van der Waals surface area contributed by atoms with E-state index in [9.17, 15) is 9.59 Å². The van der Waals surface area contributed by atoms with E-state index in [1.807, 2.05) is 0 Å². The van der Waals surface area contributed by atoms with Crippen LogP contribution in [0.1, 0.15) is 44.9 Å². The van der Waals surface area contributed by atoms with Crippen molar-refractivity contribution in [2.75, 3.05) is 0 Å². The van der Waals surface area contributed by atoms with Crippen LogP contribution in [0, 0.1) is 5.41 Å². The standard InChI is InChI=1S/C10H14O2/c11-8-1-4-10(5-2-8)6-3-9(12)7-10/h1-7H2. The van der Waals surface area contributed by atoms with Gasteiger partial charge in [-0.1, -0.05) is 0 Å². The fourth-order valence-electron chi connectivity index (χ4n) is 2.49. The van der Waals surface area contributed by atoms with Gasteiger partial charge in [0.15, 0.2) is 0 Å². The molecule has 0 bridgehead atoms. The van der Waals surface area contributed by atoms with Gasteiger partial charge in [-0.3, -0.25) is 9.59 Å². The molecule has 12 heavy (non-hydrogen) atoms. The number of Topliss-reactive ketones (excluding diaryl/α,β-unsaturated/α-hetero) is 2. The highest BCUT2D eigenvalue weighted by atomic mass is 16.1. The van der Waals surface area contributed by atoms with Gasteiger partial charge in [0.25, 0.3) is 0 Å². The molecule has 0 N–H and O–H groups in total. The lowest BCUT2D eigenvalue weighted by Crippen LogP contribution is -2.24. The van der Waals surface area contributed by atoms with Crippen molar-refractivity contribution in [3.63, 3.8) is 0 Å². The molecule has 0 amide bonds. The van der Waals surface area contributed by atoms with E-state index in [1.165, 1.54) is 0 Å². The fourth-order valence-corrected chi connectivity index (χ4v) is 2.49. The van der Waals surface area contributed by atoms with Crippen molar-refractivity contribution < 1.29 is 9.59 Å². The molecular weight excluding hydrogens is 152 g/mol. The van der Waals surface area contributed by atoms with Gasteiger partial charge in [0.05, 0.1) is 0 Å². The third-order valence-electron chi connectivity index (χ3n) is 3.37. The highest BCUT2D eigenvalue weighted by molar-refractivity contribution is 5.83. The highest BCUT2D eigenvalue weighted by Gasteiger charge is 2.40. The van der Waals surface area contributed by atoms with Gasteiger partial charge in [0.2, 0.25) is 0 Å². The quantitative estimate of drug-likeness (QED) is 0.550. The Bertz CT molecular complexity index is 220. The molecule has 2 aliphatic rings. The summed E-state index contributed by atoms with van der Waals surface area (Å²) in [6.45, 7) is 0. The molecule has 0 aromatic heterocycles. The lowest BCUT2D eigenvalue weighted by Gasteiger charge is -2.31. The first-order chi connectivity index (χ1) is 5.70. The van der Waals surface area contributed by atoms with Gasteiger partial charge >= 0.3 is 0 Å². The first-order valence-electron chi connectivity index (χ1n) is 4.74. The Balaban J connectivity index is 2.04.